The lowest BCUT2D eigenvalue weighted by Gasteiger charge is -2.22. The van der Waals surface area contributed by atoms with Crippen LogP contribution in [-0.2, 0) is 0 Å². The first-order valence-electron chi connectivity index (χ1n) is 5.59. The molecule has 0 radical (unpaired) electrons. The highest BCUT2D eigenvalue weighted by Crippen LogP contribution is 2.07. The van der Waals surface area contributed by atoms with Gasteiger partial charge in [0.25, 0.3) is 0 Å². The van der Waals surface area contributed by atoms with Crippen LogP contribution in [0.15, 0.2) is 29.9 Å². The lowest BCUT2D eigenvalue weighted by Crippen LogP contribution is -2.29. The molecule has 0 spiro atoms. The van der Waals surface area contributed by atoms with Gasteiger partial charge in [-0.25, -0.2) is 0 Å². The molecule has 0 bridgehead atoms. The molecule has 3 heteroatoms. The van der Waals surface area contributed by atoms with Crippen LogP contribution in [0.3, 0.4) is 0 Å². The van der Waals surface area contributed by atoms with E-state index in [-0.39, 0.29) is 0 Å². The summed E-state index contributed by atoms with van der Waals surface area (Å²) in [7, 11) is 0. The highest BCUT2D eigenvalue weighted by molar-refractivity contribution is 5.57. The Morgan fingerprint density at radius 1 is 1.67 bits per heavy atom. The van der Waals surface area contributed by atoms with Gasteiger partial charge in [-0.3, -0.25) is 4.99 Å². The van der Waals surface area contributed by atoms with E-state index in [4.69, 9.17) is 0 Å². The third-order valence-electron chi connectivity index (χ3n) is 2.54. The number of hydrogen-bond donors (Lipinski definition) is 1. The van der Waals surface area contributed by atoms with Gasteiger partial charge >= 0.3 is 0 Å². The summed E-state index contributed by atoms with van der Waals surface area (Å²) < 4.78 is 0. The second-order valence-corrected chi connectivity index (χ2v) is 3.79. The zero-order valence-corrected chi connectivity index (χ0v) is 9.52. The molecular weight excluding hydrogens is 186 g/mol. The van der Waals surface area contributed by atoms with Gasteiger partial charge in [0.1, 0.15) is 0 Å². The molecule has 0 fully saturated rings. The first-order chi connectivity index (χ1) is 7.34. The van der Waals surface area contributed by atoms with Crippen molar-refractivity contribution in [3.63, 3.8) is 0 Å². The third kappa shape index (κ3) is 4.68. The van der Waals surface area contributed by atoms with Crippen molar-refractivity contribution >= 4 is 6.34 Å². The fraction of sp³-hybridized carbons (Fsp3) is 0.583. The Hall–Kier alpha value is -1.25. The molecule has 15 heavy (non-hydrogen) atoms. The van der Waals surface area contributed by atoms with E-state index >= 15 is 0 Å². The molecule has 0 aromatic carbocycles. The van der Waals surface area contributed by atoms with Gasteiger partial charge in [0.05, 0.1) is 12.9 Å². The molecule has 0 saturated heterocycles. The van der Waals surface area contributed by atoms with Gasteiger partial charge in [-0.1, -0.05) is 6.08 Å². The van der Waals surface area contributed by atoms with Crippen LogP contribution in [0.5, 0.6) is 0 Å². The van der Waals surface area contributed by atoms with E-state index in [2.05, 4.69) is 34.8 Å². The maximum atomic E-state index is 4.17. The SMILES string of the molecule is C1=CNC1.C=CCCC(C)N1C=NCC1. The summed E-state index contributed by atoms with van der Waals surface area (Å²) in [6.45, 7) is 9.08. The summed E-state index contributed by atoms with van der Waals surface area (Å²) in [5.74, 6) is 0. The van der Waals surface area contributed by atoms with Crippen molar-refractivity contribution in [2.24, 2.45) is 4.99 Å². The number of hydrogen-bond acceptors (Lipinski definition) is 3. The number of nitrogens with zero attached hydrogens (tertiary/aromatic N) is 2. The third-order valence-corrected chi connectivity index (χ3v) is 2.54. The Morgan fingerprint density at radius 2 is 2.33 bits per heavy atom. The Morgan fingerprint density at radius 3 is 2.73 bits per heavy atom. The van der Waals surface area contributed by atoms with E-state index in [1.807, 2.05) is 18.6 Å². The van der Waals surface area contributed by atoms with E-state index in [0.29, 0.717) is 6.04 Å². The van der Waals surface area contributed by atoms with Crippen LogP contribution < -0.4 is 5.32 Å². The maximum Gasteiger partial charge on any atom is 0.0853 e. The minimum atomic E-state index is 0.624. The minimum Gasteiger partial charge on any atom is -0.388 e. The predicted molar refractivity (Wildman–Crippen MR) is 66.1 cm³/mol. The average Bonchev–Trinajstić information content (AvgIpc) is 2.64. The monoisotopic (exact) mass is 207 g/mol. The van der Waals surface area contributed by atoms with Crippen molar-refractivity contribution in [2.45, 2.75) is 25.8 Å². The topological polar surface area (TPSA) is 27.6 Å². The molecule has 1 N–H and O–H groups in total. The normalized spacial score (nSPS) is 18.6. The Balaban J connectivity index is 0.000000234. The Kier molecular flexibility index (Phi) is 5.59. The molecule has 0 amide bonds. The fourth-order valence-corrected chi connectivity index (χ4v) is 1.37. The first kappa shape index (κ1) is 11.8. The van der Waals surface area contributed by atoms with E-state index in [1.54, 1.807) is 0 Å². The smallest absolute Gasteiger partial charge is 0.0853 e. The first-order valence-corrected chi connectivity index (χ1v) is 5.59. The van der Waals surface area contributed by atoms with Gasteiger partial charge in [0.2, 0.25) is 0 Å². The molecule has 1 unspecified atom stereocenters. The van der Waals surface area contributed by atoms with E-state index in [0.717, 1.165) is 26.1 Å². The molecule has 2 aliphatic heterocycles. The van der Waals surface area contributed by atoms with Gasteiger partial charge in [-0.05, 0) is 32.0 Å². The molecule has 84 valence electrons. The Bertz CT molecular complexity index is 227. The molecule has 2 aliphatic rings. The summed E-state index contributed by atoms with van der Waals surface area (Å²) in [4.78, 5) is 6.46. The molecule has 0 aliphatic carbocycles. The molecule has 0 aromatic heterocycles. The van der Waals surface area contributed by atoms with E-state index in [1.165, 1.54) is 6.42 Å². The lowest BCUT2D eigenvalue weighted by atomic mass is 10.1. The number of allylic oxidation sites excluding steroid dienone is 1. The van der Waals surface area contributed by atoms with Crippen molar-refractivity contribution in [2.75, 3.05) is 19.6 Å². The number of aliphatic imine (C=N–C) groups is 1. The molecule has 1 atom stereocenters. The summed E-state index contributed by atoms with van der Waals surface area (Å²) in [5.41, 5.74) is 0. The van der Waals surface area contributed by atoms with Crippen LogP contribution in [0.25, 0.3) is 0 Å². The van der Waals surface area contributed by atoms with Gasteiger partial charge in [-0.15, -0.1) is 6.58 Å². The fourth-order valence-electron chi connectivity index (χ4n) is 1.37. The maximum absolute atomic E-state index is 4.17. The highest BCUT2D eigenvalue weighted by Gasteiger charge is 2.11. The minimum absolute atomic E-state index is 0.624. The summed E-state index contributed by atoms with van der Waals surface area (Å²) in [5, 5.41) is 2.93. The lowest BCUT2D eigenvalue weighted by molar-refractivity contribution is 0.349. The number of nitrogens with one attached hydrogen (secondary N) is 1. The average molecular weight is 207 g/mol. The van der Waals surface area contributed by atoms with Crippen LogP contribution in [0, 0.1) is 0 Å². The van der Waals surface area contributed by atoms with Gasteiger partial charge < -0.3 is 10.2 Å². The molecule has 2 heterocycles. The van der Waals surface area contributed by atoms with Crippen LogP contribution >= 0.6 is 0 Å². The second kappa shape index (κ2) is 7.10. The zero-order chi connectivity index (χ0) is 10.9. The van der Waals surface area contributed by atoms with E-state index < -0.39 is 0 Å². The van der Waals surface area contributed by atoms with Crippen LogP contribution in [0.1, 0.15) is 19.8 Å². The van der Waals surface area contributed by atoms with Crippen LogP contribution in [0.2, 0.25) is 0 Å². The van der Waals surface area contributed by atoms with Crippen molar-refractivity contribution in [3.8, 4) is 0 Å². The second-order valence-electron chi connectivity index (χ2n) is 3.79. The predicted octanol–water partition coefficient (Wildman–Crippen LogP) is 1.79. The molecule has 0 saturated carbocycles. The van der Waals surface area contributed by atoms with Gasteiger partial charge in [0, 0.05) is 19.1 Å². The molecular formula is C12H21N3. The molecule has 0 aromatic rings. The van der Waals surface area contributed by atoms with Crippen molar-refractivity contribution in [1.82, 2.24) is 10.2 Å². The largest absolute Gasteiger partial charge is 0.388 e. The summed E-state index contributed by atoms with van der Waals surface area (Å²) in [6, 6.07) is 0.624. The summed E-state index contributed by atoms with van der Waals surface area (Å²) in [6.07, 6.45) is 10.2. The van der Waals surface area contributed by atoms with Crippen LogP contribution in [-0.4, -0.2) is 36.9 Å². The van der Waals surface area contributed by atoms with Crippen molar-refractivity contribution in [3.05, 3.63) is 24.9 Å². The standard InChI is InChI=1S/C9H16N2.C3H5N/c1-3-4-5-9(2)11-7-6-10-8-11;1-2-4-3-1/h3,8-9H,1,4-7H2,2H3;1-2,4H,3H2. The van der Waals surface area contributed by atoms with Gasteiger partial charge in [0.15, 0.2) is 0 Å². The van der Waals surface area contributed by atoms with Crippen LogP contribution in [0.4, 0.5) is 0 Å². The number of rotatable bonds is 4. The van der Waals surface area contributed by atoms with Crippen molar-refractivity contribution < 1.29 is 0 Å². The molecule has 3 nitrogen and oxygen atoms in total. The quantitative estimate of drug-likeness (QED) is 0.712. The summed E-state index contributed by atoms with van der Waals surface area (Å²) >= 11 is 0. The van der Waals surface area contributed by atoms with E-state index in [9.17, 15) is 0 Å². The highest BCUT2D eigenvalue weighted by atomic mass is 15.2. The van der Waals surface area contributed by atoms with Crippen molar-refractivity contribution in [1.29, 1.82) is 0 Å². The zero-order valence-electron chi connectivity index (χ0n) is 9.52. The van der Waals surface area contributed by atoms with Gasteiger partial charge in [-0.2, -0.15) is 0 Å². The molecule has 2 rings (SSSR count). The Labute approximate surface area is 92.6 Å².